The lowest BCUT2D eigenvalue weighted by Crippen LogP contribution is -2.29. The van der Waals surface area contributed by atoms with E-state index in [4.69, 9.17) is 4.84 Å². The van der Waals surface area contributed by atoms with Crippen molar-refractivity contribution in [3.05, 3.63) is 64.3 Å². The van der Waals surface area contributed by atoms with E-state index < -0.39 is 0 Å². The van der Waals surface area contributed by atoms with Crippen molar-refractivity contribution in [3.8, 4) is 0 Å². The number of benzene rings is 1. The number of hydrogen-bond acceptors (Lipinski definition) is 5. The van der Waals surface area contributed by atoms with Crippen molar-refractivity contribution in [1.29, 1.82) is 0 Å². The Bertz CT molecular complexity index is 958. The Balaban J connectivity index is 1.64. The third-order valence-corrected chi connectivity index (χ3v) is 4.77. The van der Waals surface area contributed by atoms with Crippen molar-refractivity contribution in [2.24, 2.45) is 0 Å². The minimum atomic E-state index is -0.217. The van der Waals surface area contributed by atoms with Crippen LogP contribution >= 0.6 is 0 Å². The molecule has 2 heterocycles. The molecule has 0 fully saturated rings. The molecule has 0 aliphatic heterocycles. The van der Waals surface area contributed by atoms with Gasteiger partial charge in [0.05, 0.1) is 11.1 Å². The quantitative estimate of drug-likeness (QED) is 0.692. The molecule has 0 amide bonds. The molecule has 0 spiro atoms. The van der Waals surface area contributed by atoms with Gasteiger partial charge in [0.1, 0.15) is 12.9 Å². The second kappa shape index (κ2) is 7.15. The highest BCUT2D eigenvalue weighted by atomic mass is 16.7. The standard InChI is InChI=1S/C20H22N4O2/c1-2-3-8-26-24-19(25)11-18(17-12-21-13-22-20(17)24)23-16-9-14-6-4-5-7-15(14)10-16/h4-7,11-13,16,23H,2-3,8-10H2,1H3. The van der Waals surface area contributed by atoms with E-state index in [1.165, 1.54) is 22.2 Å². The molecule has 2 aromatic heterocycles. The predicted octanol–water partition coefficient (Wildman–Crippen LogP) is 2.60. The van der Waals surface area contributed by atoms with Gasteiger partial charge in [0.15, 0.2) is 5.65 Å². The van der Waals surface area contributed by atoms with Gasteiger partial charge in [0, 0.05) is 18.3 Å². The average Bonchev–Trinajstić information content (AvgIpc) is 3.06. The summed E-state index contributed by atoms with van der Waals surface area (Å²) < 4.78 is 1.28. The molecule has 4 rings (SSSR count). The minimum Gasteiger partial charge on any atom is -0.409 e. The molecule has 1 N–H and O–H groups in total. The second-order valence-electron chi connectivity index (χ2n) is 6.66. The van der Waals surface area contributed by atoms with E-state index in [0.29, 0.717) is 12.3 Å². The zero-order chi connectivity index (χ0) is 17.9. The molecule has 1 aliphatic rings. The summed E-state index contributed by atoms with van der Waals surface area (Å²) in [6.45, 7) is 2.57. The van der Waals surface area contributed by atoms with E-state index >= 15 is 0 Å². The van der Waals surface area contributed by atoms with Crippen molar-refractivity contribution >= 4 is 16.7 Å². The third kappa shape index (κ3) is 3.14. The summed E-state index contributed by atoms with van der Waals surface area (Å²) in [7, 11) is 0. The van der Waals surface area contributed by atoms with Crippen LogP contribution in [-0.4, -0.2) is 27.3 Å². The van der Waals surface area contributed by atoms with Crippen molar-refractivity contribution in [2.75, 3.05) is 11.9 Å². The topological polar surface area (TPSA) is 69.0 Å². The predicted molar refractivity (Wildman–Crippen MR) is 101 cm³/mol. The lowest BCUT2D eigenvalue weighted by Gasteiger charge is -2.17. The maximum Gasteiger partial charge on any atom is 0.287 e. The summed E-state index contributed by atoms with van der Waals surface area (Å²) in [5, 5.41) is 4.31. The zero-order valence-corrected chi connectivity index (χ0v) is 14.8. The number of unbranched alkanes of at least 4 members (excludes halogenated alkanes) is 1. The molecular formula is C20H22N4O2. The van der Waals surface area contributed by atoms with Gasteiger partial charge in [-0.1, -0.05) is 37.6 Å². The summed E-state index contributed by atoms with van der Waals surface area (Å²) in [6.07, 6.45) is 6.95. The number of fused-ring (bicyclic) bond motifs is 2. The molecule has 0 radical (unpaired) electrons. The van der Waals surface area contributed by atoms with Gasteiger partial charge in [-0.3, -0.25) is 4.79 Å². The molecule has 3 aromatic rings. The first-order chi connectivity index (χ1) is 12.8. The lowest BCUT2D eigenvalue weighted by atomic mass is 10.1. The van der Waals surface area contributed by atoms with Crippen molar-refractivity contribution < 1.29 is 4.84 Å². The Kier molecular flexibility index (Phi) is 4.56. The highest BCUT2D eigenvalue weighted by molar-refractivity contribution is 5.88. The van der Waals surface area contributed by atoms with Gasteiger partial charge in [-0.2, -0.15) is 0 Å². The van der Waals surface area contributed by atoms with E-state index in [2.05, 4.69) is 46.5 Å². The van der Waals surface area contributed by atoms with Gasteiger partial charge in [0.2, 0.25) is 0 Å². The molecule has 134 valence electrons. The molecular weight excluding hydrogens is 328 g/mol. The smallest absolute Gasteiger partial charge is 0.287 e. The van der Waals surface area contributed by atoms with Crippen LogP contribution in [0.4, 0.5) is 5.69 Å². The van der Waals surface area contributed by atoms with Crippen LogP contribution in [0.3, 0.4) is 0 Å². The molecule has 6 nitrogen and oxygen atoms in total. The molecule has 0 unspecified atom stereocenters. The highest BCUT2D eigenvalue weighted by Gasteiger charge is 2.22. The van der Waals surface area contributed by atoms with E-state index in [0.717, 1.165) is 36.8 Å². The SMILES string of the molecule is CCCCOn1c(=O)cc(NC2Cc3ccccc3C2)c2cncnc21. The van der Waals surface area contributed by atoms with Gasteiger partial charge in [-0.15, -0.1) is 4.73 Å². The maximum absolute atomic E-state index is 12.6. The van der Waals surface area contributed by atoms with Crippen LogP contribution in [0.2, 0.25) is 0 Å². The average molecular weight is 350 g/mol. The molecule has 0 atom stereocenters. The van der Waals surface area contributed by atoms with Gasteiger partial charge in [0.25, 0.3) is 5.56 Å². The third-order valence-electron chi connectivity index (χ3n) is 4.77. The van der Waals surface area contributed by atoms with E-state index in [-0.39, 0.29) is 11.6 Å². The van der Waals surface area contributed by atoms with E-state index in [1.54, 1.807) is 12.3 Å². The fourth-order valence-electron chi connectivity index (χ4n) is 3.46. The Labute approximate surface area is 151 Å². The van der Waals surface area contributed by atoms with Crippen molar-refractivity contribution in [2.45, 2.75) is 38.6 Å². The number of aromatic nitrogens is 3. The number of nitrogens with one attached hydrogen (secondary N) is 1. The maximum atomic E-state index is 12.6. The number of rotatable bonds is 6. The van der Waals surface area contributed by atoms with Crippen LogP contribution in [0.1, 0.15) is 30.9 Å². The molecule has 0 saturated heterocycles. The Morgan fingerprint density at radius 1 is 1.27 bits per heavy atom. The monoisotopic (exact) mass is 350 g/mol. The number of anilines is 1. The van der Waals surface area contributed by atoms with Crippen LogP contribution in [-0.2, 0) is 12.8 Å². The van der Waals surface area contributed by atoms with Crippen LogP contribution in [0.5, 0.6) is 0 Å². The van der Waals surface area contributed by atoms with Crippen LogP contribution in [0.25, 0.3) is 11.0 Å². The van der Waals surface area contributed by atoms with E-state index in [9.17, 15) is 4.79 Å². The van der Waals surface area contributed by atoms with Gasteiger partial charge < -0.3 is 10.2 Å². The highest BCUT2D eigenvalue weighted by Crippen LogP contribution is 2.26. The molecule has 1 aliphatic carbocycles. The van der Waals surface area contributed by atoms with Crippen LogP contribution < -0.4 is 15.7 Å². The first-order valence-corrected chi connectivity index (χ1v) is 9.08. The number of hydrogen-bond donors (Lipinski definition) is 1. The Hall–Kier alpha value is -2.89. The number of nitrogens with zero attached hydrogens (tertiary/aromatic N) is 3. The first kappa shape index (κ1) is 16.6. The molecule has 26 heavy (non-hydrogen) atoms. The summed E-state index contributed by atoms with van der Waals surface area (Å²) >= 11 is 0. The summed E-state index contributed by atoms with van der Waals surface area (Å²) in [5.74, 6) is 0. The van der Waals surface area contributed by atoms with Gasteiger partial charge >= 0.3 is 0 Å². The van der Waals surface area contributed by atoms with Crippen molar-refractivity contribution in [3.63, 3.8) is 0 Å². The Morgan fingerprint density at radius 2 is 2.04 bits per heavy atom. The van der Waals surface area contributed by atoms with Gasteiger partial charge in [-0.25, -0.2) is 9.97 Å². The van der Waals surface area contributed by atoms with Crippen molar-refractivity contribution in [1.82, 2.24) is 14.7 Å². The summed E-state index contributed by atoms with van der Waals surface area (Å²) in [4.78, 5) is 26.6. The summed E-state index contributed by atoms with van der Waals surface area (Å²) in [6, 6.07) is 10.3. The van der Waals surface area contributed by atoms with Gasteiger partial charge in [-0.05, 0) is 30.4 Å². The molecule has 6 heteroatoms. The zero-order valence-electron chi connectivity index (χ0n) is 14.8. The first-order valence-electron chi connectivity index (χ1n) is 9.08. The largest absolute Gasteiger partial charge is 0.409 e. The fraction of sp³-hybridized carbons (Fsp3) is 0.350. The van der Waals surface area contributed by atoms with Crippen LogP contribution in [0.15, 0.2) is 47.7 Å². The van der Waals surface area contributed by atoms with E-state index in [1.807, 2.05) is 0 Å². The van der Waals surface area contributed by atoms with Crippen LogP contribution in [0, 0.1) is 0 Å². The second-order valence-corrected chi connectivity index (χ2v) is 6.66. The fourth-order valence-corrected chi connectivity index (χ4v) is 3.46. The Morgan fingerprint density at radius 3 is 2.77 bits per heavy atom. The number of pyridine rings is 1. The molecule has 1 aromatic carbocycles. The summed E-state index contributed by atoms with van der Waals surface area (Å²) in [5.41, 5.74) is 3.77. The minimum absolute atomic E-state index is 0.217. The molecule has 0 saturated carbocycles. The molecule has 0 bridgehead atoms. The normalized spacial score (nSPS) is 13.7. The lowest BCUT2D eigenvalue weighted by molar-refractivity contribution is 0.108.